The fourth-order valence-electron chi connectivity index (χ4n) is 3.46. The lowest BCUT2D eigenvalue weighted by molar-refractivity contribution is -0.136. The quantitative estimate of drug-likeness (QED) is 0.922. The van der Waals surface area contributed by atoms with Crippen LogP contribution in [-0.4, -0.2) is 39.7 Å². The summed E-state index contributed by atoms with van der Waals surface area (Å²) in [5, 5.41) is 4.44. The summed E-state index contributed by atoms with van der Waals surface area (Å²) >= 11 is 0. The first-order chi connectivity index (χ1) is 10.3. The molecule has 1 aromatic heterocycles. The molecule has 1 saturated heterocycles. The van der Waals surface area contributed by atoms with E-state index in [0.717, 1.165) is 43.7 Å². The van der Waals surface area contributed by atoms with Gasteiger partial charge in [0.1, 0.15) is 0 Å². The number of rotatable bonds is 4. The largest absolute Gasteiger partial charge is 0.342 e. The van der Waals surface area contributed by atoms with Gasteiger partial charge in [-0.1, -0.05) is 6.92 Å². The average molecular weight is 306 g/mol. The number of likely N-dealkylation sites (tertiary alicyclic amines) is 1. The Morgan fingerprint density at radius 3 is 2.36 bits per heavy atom. The molecule has 2 atom stereocenters. The topological polar surface area (TPSA) is 64.2 Å². The van der Waals surface area contributed by atoms with Crippen molar-refractivity contribution in [3.8, 4) is 0 Å². The molecule has 0 saturated carbocycles. The molecular weight excluding hydrogens is 276 g/mol. The number of aryl methyl sites for hydroxylation is 2. The van der Waals surface area contributed by atoms with Crippen molar-refractivity contribution in [2.45, 2.75) is 53.0 Å². The molecule has 1 amide bonds. The maximum absolute atomic E-state index is 12.7. The van der Waals surface area contributed by atoms with E-state index in [1.807, 2.05) is 30.5 Å². The average Bonchev–Trinajstić information content (AvgIpc) is 2.73. The van der Waals surface area contributed by atoms with E-state index in [1.165, 1.54) is 5.56 Å². The predicted octanol–water partition coefficient (Wildman–Crippen LogP) is 1.80. The Labute approximate surface area is 133 Å². The van der Waals surface area contributed by atoms with Gasteiger partial charge in [0.05, 0.1) is 5.69 Å². The van der Waals surface area contributed by atoms with Gasteiger partial charge in [-0.3, -0.25) is 9.48 Å². The van der Waals surface area contributed by atoms with E-state index in [1.54, 1.807) is 0 Å². The van der Waals surface area contributed by atoms with Crippen molar-refractivity contribution in [1.82, 2.24) is 14.7 Å². The molecule has 22 heavy (non-hydrogen) atoms. The van der Waals surface area contributed by atoms with E-state index >= 15 is 0 Å². The highest BCUT2D eigenvalue weighted by molar-refractivity contribution is 5.79. The molecule has 2 N–H and O–H groups in total. The molecule has 0 spiro atoms. The molecule has 0 aromatic carbocycles. The smallest absolute Gasteiger partial charge is 0.225 e. The van der Waals surface area contributed by atoms with E-state index < -0.39 is 0 Å². The highest BCUT2D eigenvalue weighted by atomic mass is 16.2. The Bertz CT molecular complexity index is 527. The zero-order chi connectivity index (χ0) is 16.4. The first-order valence-electron chi connectivity index (χ1n) is 8.34. The van der Waals surface area contributed by atoms with E-state index in [9.17, 15) is 4.79 Å². The minimum absolute atomic E-state index is 0.00782. The van der Waals surface area contributed by atoms with Crippen LogP contribution in [0, 0.1) is 25.7 Å². The third-order valence-electron chi connectivity index (χ3n) is 5.19. The number of amides is 1. The number of carbonyl (C=O) groups is 1. The fourth-order valence-corrected chi connectivity index (χ4v) is 3.46. The summed E-state index contributed by atoms with van der Waals surface area (Å²) in [4.78, 5) is 14.7. The van der Waals surface area contributed by atoms with Gasteiger partial charge in [0.15, 0.2) is 0 Å². The summed E-state index contributed by atoms with van der Waals surface area (Å²) in [6.45, 7) is 9.89. The van der Waals surface area contributed by atoms with Crippen molar-refractivity contribution in [2.24, 2.45) is 24.6 Å². The number of nitrogens with zero attached hydrogens (tertiary/aromatic N) is 3. The molecule has 2 unspecified atom stereocenters. The molecule has 124 valence electrons. The summed E-state index contributed by atoms with van der Waals surface area (Å²) in [5.74, 6) is 0.835. The summed E-state index contributed by atoms with van der Waals surface area (Å²) in [7, 11) is 1.96. The number of hydrogen-bond acceptors (Lipinski definition) is 3. The van der Waals surface area contributed by atoms with Gasteiger partial charge in [-0.05, 0) is 51.5 Å². The van der Waals surface area contributed by atoms with Crippen LogP contribution in [0.3, 0.4) is 0 Å². The molecule has 1 aromatic rings. The lowest BCUT2D eigenvalue weighted by Crippen LogP contribution is -2.44. The summed E-state index contributed by atoms with van der Waals surface area (Å²) in [6.07, 6.45) is 2.83. The van der Waals surface area contributed by atoms with Gasteiger partial charge in [0.25, 0.3) is 0 Å². The van der Waals surface area contributed by atoms with Crippen molar-refractivity contribution >= 4 is 5.91 Å². The highest BCUT2D eigenvalue weighted by Gasteiger charge is 2.28. The van der Waals surface area contributed by atoms with Crippen LogP contribution in [0.4, 0.5) is 0 Å². The monoisotopic (exact) mass is 306 g/mol. The van der Waals surface area contributed by atoms with Crippen LogP contribution >= 0.6 is 0 Å². The van der Waals surface area contributed by atoms with Gasteiger partial charge >= 0.3 is 0 Å². The van der Waals surface area contributed by atoms with Gasteiger partial charge in [-0.2, -0.15) is 5.10 Å². The van der Waals surface area contributed by atoms with Crippen LogP contribution in [0.5, 0.6) is 0 Å². The maximum atomic E-state index is 12.7. The molecule has 1 aliphatic heterocycles. The third kappa shape index (κ3) is 3.51. The third-order valence-corrected chi connectivity index (χ3v) is 5.19. The highest BCUT2D eigenvalue weighted by Crippen LogP contribution is 2.23. The summed E-state index contributed by atoms with van der Waals surface area (Å²) in [6, 6.07) is 0.232. The Kier molecular flexibility index (Phi) is 5.27. The standard InChI is InChI=1S/C17H30N4O/c1-11(10-16-13(3)19-20(5)14(16)4)17(22)21-8-6-15(7-9-21)12(2)18/h11-12,15H,6-10,18H2,1-5H3. The van der Waals surface area contributed by atoms with Crippen molar-refractivity contribution in [2.75, 3.05) is 13.1 Å². The maximum Gasteiger partial charge on any atom is 0.225 e. The van der Waals surface area contributed by atoms with Crippen LogP contribution in [0.25, 0.3) is 0 Å². The first kappa shape index (κ1) is 17.0. The van der Waals surface area contributed by atoms with Crippen LogP contribution in [0.1, 0.15) is 43.6 Å². The van der Waals surface area contributed by atoms with Crippen molar-refractivity contribution in [3.63, 3.8) is 0 Å². The van der Waals surface area contributed by atoms with Crippen LogP contribution in [0.2, 0.25) is 0 Å². The second kappa shape index (κ2) is 6.82. The van der Waals surface area contributed by atoms with Gasteiger partial charge in [0.2, 0.25) is 5.91 Å². The molecule has 2 rings (SSSR count). The SMILES string of the molecule is Cc1nn(C)c(C)c1CC(C)C(=O)N1CCC(C(C)N)CC1. The van der Waals surface area contributed by atoms with Crippen LogP contribution in [0.15, 0.2) is 0 Å². The normalized spacial score (nSPS) is 19.3. The summed E-state index contributed by atoms with van der Waals surface area (Å²) in [5.41, 5.74) is 9.39. The van der Waals surface area contributed by atoms with E-state index in [0.29, 0.717) is 5.92 Å². The molecule has 0 radical (unpaired) electrons. The Morgan fingerprint density at radius 2 is 1.91 bits per heavy atom. The van der Waals surface area contributed by atoms with Crippen molar-refractivity contribution in [3.05, 3.63) is 17.0 Å². The van der Waals surface area contributed by atoms with E-state index in [2.05, 4.69) is 18.9 Å². The fraction of sp³-hybridized carbons (Fsp3) is 0.765. The van der Waals surface area contributed by atoms with E-state index in [4.69, 9.17) is 5.73 Å². The lowest BCUT2D eigenvalue weighted by Gasteiger charge is -2.35. The van der Waals surface area contributed by atoms with Gasteiger partial charge in [-0.25, -0.2) is 0 Å². The predicted molar refractivity (Wildman–Crippen MR) is 88.5 cm³/mol. The minimum Gasteiger partial charge on any atom is -0.342 e. The van der Waals surface area contributed by atoms with Crippen LogP contribution in [-0.2, 0) is 18.3 Å². The number of aromatic nitrogens is 2. The number of piperidine rings is 1. The molecule has 1 fully saturated rings. The first-order valence-corrected chi connectivity index (χ1v) is 8.34. The molecule has 5 heteroatoms. The Balaban J connectivity index is 1.95. The molecular formula is C17H30N4O. The Hall–Kier alpha value is -1.36. The van der Waals surface area contributed by atoms with Gasteiger partial charge < -0.3 is 10.6 Å². The summed E-state index contributed by atoms with van der Waals surface area (Å²) < 4.78 is 1.90. The van der Waals surface area contributed by atoms with Gasteiger partial charge in [-0.15, -0.1) is 0 Å². The Morgan fingerprint density at radius 1 is 1.32 bits per heavy atom. The molecule has 1 aliphatic rings. The zero-order valence-corrected chi connectivity index (χ0v) is 14.6. The molecule has 0 bridgehead atoms. The zero-order valence-electron chi connectivity index (χ0n) is 14.6. The van der Waals surface area contributed by atoms with Crippen molar-refractivity contribution in [1.29, 1.82) is 0 Å². The number of nitrogens with two attached hydrogens (primary N) is 1. The number of carbonyl (C=O) groups excluding carboxylic acids is 1. The molecule has 2 heterocycles. The van der Waals surface area contributed by atoms with E-state index in [-0.39, 0.29) is 17.9 Å². The molecule has 5 nitrogen and oxygen atoms in total. The lowest BCUT2D eigenvalue weighted by atomic mass is 9.90. The molecule has 0 aliphatic carbocycles. The second-order valence-electron chi connectivity index (χ2n) is 6.90. The minimum atomic E-state index is 0.00782. The number of hydrogen-bond donors (Lipinski definition) is 1. The van der Waals surface area contributed by atoms with Gasteiger partial charge in [0, 0.05) is 37.8 Å². The van der Waals surface area contributed by atoms with Crippen molar-refractivity contribution < 1.29 is 4.79 Å². The second-order valence-corrected chi connectivity index (χ2v) is 6.90. The van der Waals surface area contributed by atoms with Crippen LogP contribution < -0.4 is 5.73 Å².